The van der Waals surface area contributed by atoms with E-state index in [1.807, 2.05) is 5.38 Å². The molecule has 0 bridgehead atoms. The van der Waals surface area contributed by atoms with E-state index in [0.717, 1.165) is 0 Å². The van der Waals surface area contributed by atoms with E-state index >= 15 is 0 Å². The van der Waals surface area contributed by atoms with E-state index in [1.54, 1.807) is 48.5 Å². The second-order valence-corrected chi connectivity index (χ2v) is 6.18. The number of hydrogen-bond donors (Lipinski definition) is 1. The molecule has 1 heterocycles. The van der Waals surface area contributed by atoms with Gasteiger partial charge in [-0.15, -0.1) is 11.3 Å². The molecule has 0 fully saturated rings. The highest BCUT2D eigenvalue weighted by Gasteiger charge is 2.09. The molecule has 3 aromatic rings. The van der Waals surface area contributed by atoms with Crippen molar-refractivity contribution in [2.75, 3.05) is 5.32 Å². The molecule has 0 aliphatic carbocycles. The first-order chi connectivity index (χ1) is 12.1. The molecule has 25 heavy (non-hydrogen) atoms. The van der Waals surface area contributed by atoms with Crippen LogP contribution in [0.2, 0.25) is 0 Å². The van der Waals surface area contributed by atoms with Crippen LogP contribution in [0.4, 0.5) is 10.1 Å². The first-order valence-electron chi connectivity index (χ1n) is 7.50. The van der Waals surface area contributed by atoms with Gasteiger partial charge in [-0.25, -0.2) is 4.39 Å². The van der Waals surface area contributed by atoms with Gasteiger partial charge in [-0.2, -0.15) is 0 Å². The molecule has 0 saturated carbocycles. The summed E-state index contributed by atoms with van der Waals surface area (Å²) < 4.78 is 18.3. The number of carbonyl (C=O) groups excluding carboxylic acids is 2. The average molecular weight is 355 g/mol. The van der Waals surface area contributed by atoms with Gasteiger partial charge in [0.15, 0.2) is 0 Å². The van der Waals surface area contributed by atoms with Crippen molar-refractivity contribution in [2.45, 2.75) is 6.42 Å². The molecule has 3 rings (SSSR count). The van der Waals surface area contributed by atoms with Crippen molar-refractivity contribution in [3.05, 3.63) is 82.3 Å². The van der Waals surface area contributed by atoms with Gasteiger partial charge in [0.2, 0.25) is 0 Å². The molecule has 0 aliphatic rings. The Kier molecular flexibility index (Phi) is 5.20. The molecule has 0 aliphatic heterocycles. The standard InChI is InChI=1S/C19H14FNO3S/c20-14-4-1-3-13(11-14)12-18(22)24-16-8-6-15(7-9-16)21-19(23)17-5-2-10-25-17/h1-11H,12H2,(H,21,23). The lowest BCUT2D eigenvalue weighted by Crippen LogP contribution is -2.12. The van der Waals surface area contributed by atoms with E-state index in [2.05, 4.69) is 5.32 Å². The molecule has 0 unspecified atom stereocenters. The Labute approximate surface area is 147 Å². The Morgan fingerprint density at radius 3 is 2.52 bits per heavy atom. The number of benzene rings is 2. The molecule has 1 amide bonds. The average Bonchev–Trinajstić information content (AvgIpc) is 3.11. The Bertz CT molecular complexity index is 876. The summed E-state index contributed by atoms with van der Waals surface area (Å²) in [4.78, 5) is 24.5. The number of nitrogens with one attached hydrogen (secondary N) is 1. The van der Waals surface area contributed by atoms with Crippen molar-refractivity contribution in [3.8, 4) is 5.75 Å². The minimum Gasteiger partial charge on any atom is -0.426 e. The normalized spacial score (nSPS) is 10.3. The summed E-state index contributed by atoms with van der Waals surface area (Å²) in [6, 6.07) is 15.8. The van der Waals surface area contributed by atoms with Crippen LogP contribution in [0.3, 0.4) is 0 Å². The van der Waals surface area contributed by atoms with Gasteiger partial charge in [-0.3, -0.25) is 9.59 Å². The van der Waals surface area contributed by atoms with Gasteiger partial charge in [-0.05, 0) is 53.4 Å². The highest BCUT2D eigenvalue weighted by molar-refractivity contribution is 7.12. The SMILES string of the molecule is O=C(Cc1cccc(F)c1)Oc1ccc(NC(=O)c2cccs2)cc1. The molecular formula is C19H14FNO3S. The van der Waals surface area contributed by atoms with Crippen molar-refractivity contribution in [3.63, 3.8) is 0 Å². The van der Waals surface area contributed by atoms with Crippen LogP contribution in [0.15, 0.2) is 66.0 Å². The zero-order valence-electron chi connectivity index (χ0n) is 13.1. The van der Waals surface area contributed by atoms with Crippen LogP contribution in [0.25, 0.3) is 0 Å². The Morgan fingerprint density at radius 2 is 1.84 bits per heavy atom. The lowest BCUT2D eigenvalue weighted by atomic mass is 10.1. The number of rotatable bonds is 5. The molecule has 0 saturated heterocycles. The number of carbonyl (C=O) groups is 2. The number of ether oxygens (including phenoxy) is 1. The molecule has 0 atom stereocenters. The second kappa shape index (κ2) is 7.72. The van der Waals surface area contributed by atoms with Crippen LogP contribution >= 0.6 is 11.3 Å². The number of anilines is 1. The molecule has 6 heteroatoms. The number of hydrogen-bond acceptors (Lipinski definition) is 4. The largest absolute Gasteiger partial charge is 0.426 e. The van der Waals surface area contributed by atoms with Crippen LogP contribution in [-0.2, 0) is 11.2 Å². The fourth-order valence-corrected chi connectivity index (χ4v) is 2.81. The number of amides is 1. The molecule has 0 spiro atoms. The fraction of sp³-hybridized carbons (Fsp3) is 0.0526. The molecule has 2 aromatic carbocycles. The summed E-state index contributed by atoms with van der Waals surface area (Å²) in [5, 5.41) is 4.59. The summed E-state index contributed by atoms with van der Waals surface area (Å²) in [6.45, 7) is 0. The van der Waals surface area contributed by atoms with Crippen molar-refractivity contribution in [1.29, 1.82) is 0 Å². The van der Waals surface area contributed by atoms with Gasteiger partial charge in [0.05, 0.1) is 11.3 Å². The maximum Gasteiger partial charge on any atom is 0.315 e. The van der Waals surface area contributed by atoms with Crippen molar-refractivity contribution >= 4 is 28.9 Å². The Morgan fingerprint density at radius 1 is 1.04 bits per heavy atom. The smallest absolute Gasteiger partial charge is 0.315 e. The van der Waals surface area contributed by atoms with Crippen LogP contribution in [0.1, 0.15) is 15.2 Å². The third-order valence-corrected chi connectivity index (χ3v) is 4.19. The third-order valence-electron chi connectivity index (χ3n) is 3.33. The zero-order valence-corrected chi connectivity index (χ0v) is 13.9. The molecule has 4 nitrogen and oxygen atoms in total. The quantitative estimate of drug-likeness (QED) is 0.549. The topological polar surface area (TPSA) is 55.4 Å². The molecule has 0 radical (unpaired) electrons. The van der Waals surface area contributed by atoms with Gasteiger partial charge < -0.3 is 10.1 Å². The third kappa shape index (κ3) is 4.74. The summed E-state index contributed by atoms with van der Waals surface area (Å²) in [5.41, 5.74) is 1.15. The summed E-state index contributed by atoms with van der Waals surface area (Å²) in [7, 11) is 0. The summed E-state index contributed by atoms with van der Waals surface area (Å²) in [6.07, 6.45) is -0.0192. The molecule has 1 N–H and O–H groups in total. The number of thiophene rings is 1. The minimum absolute atomic E-state index is 0.0192. The monoisotopic (exact) mass is 355 g/mol. The summed E-state index contributed by atoms with van der Waals surface area (Å²) >= 11 is 1.36. The van der Waals surface area contributed by atoms with Crippen LogP contribution in [0, 0.1) is 5.82 Å². The molecule has 126 valence electrons. The van der Waals surface area contributed by atoms with Gasteiger partial charge in [-0.1, -0.05) is 18.2 Å². The first kappa shape index (κ1) is 16.9. The zero-order chi connectivity index (χ0) is 17.6. The fourth-order valence-electron chi connectivity index (χ4n) is 2.19. The maximum absolute atomic E-state index is 13.1. The van der Waals surface area contributed by atoms with Gasteiger partial charge in [0, 0.05) is 5.69 Å². The van der Waals surface area contributed by atoms with E-state index in [0.29, 0.717) is 21.9 Å². The minimum atomic E-state index is -0.485. The molecule has 1 aromatic heterocycles. The number of esters is 1. The number of halogens is 1. The van der Waals surface area contributed by atoms with E-state index in [9.17, 15) is 14.0 Å². The lowest BCUT2D eigenvalue weighted by Gasteiger charge is -2.07. The van der Waals surface area contributed by atoms with Gasteiger partial charge in [0.1, 0.15) is 11.6 Å². The predicted molar refractivity (Wildman–Crippen MR) is 94.5 cm³/mol. The Balaban J connectivity index is 1.57. The van der Waals surface area contributed by atoms with Crippen LogP contribution in [-0.4, -0.2) is 11.9 Å². The maximum atomic E-state index is 13.1. The van der Waals surface area contributed by atoms with E-state index in [1.165, 1.54) is 23.5 Å². The lowest BCUT2D eigenvalue weighted by molar-refractivity contribution is -0.133. The first-order valence-corrected chi connectivity index (χ1v) is 8.38. The van der Waals surface area contributed by atoms with Crippen LogP contribution < -0.4 is 10.1 Å². The predicted octanol–water partition coefficient (Wildman–Crippen LogP) is 4.29. The highest BCUT2D eigenvalue weighted by atomic mass is 32.1. The van der Waals surface area contributed by atoms with Gasteiger partial charge in [0.25, 0.3) is 5.91 Å². The van der Waals surface area contributed by atoms with Crippen molar-refractivity contribution in [1.82, 2.24) is 0 Å². The van der Waals surface area contributed by atoms with E-state index in [-0.39, 0.29) is 12.3 Å². The summed E-state index contributed by atoms with van der Waals surface area (Å²) in [5.74, 6) is -0.710. The van der Waals surface area contributed by atoms with Gasteiger partial charge >= 0.3 is 5.97 Å². The van der Waals surface area contributed by atoms with E-state index < -0.39 is 11.8 Å². The molecular weight excluding hydrogens is 341 g/mol. The van der Waals surface area contributed by atoms with Crippen LogP contribution in [0.5, 0.6) is 5.75 Å². The second-order valence-electron chi connectivity index (χ2n) is 5.24. The Hall–Kier alpha value is -2.99. The van der Waals surface area contributed by atoms with E-state index in [4.69, 9.17) is 4.74 Å². The van der Waals surface area contributed by atoms with Crippen molar-refractivity contribution in [2.24, 2.45) is 0 Å². The highest BCUT2D eigenvalue weighted by Crippen LogP contribution is 2.18. The van der Waals surface area contributed by atoms with Crippen molar-refractivity contribution < 1.29 is 18.7 Å².